The SMILES string of the molecule is O=C1Cc2cc([N+](=O)[O-])ccc2N1CC1(CS)CCC1. The van der Waals surface area contributed by atoms with Crippen LogP contribution in [0.25, 0.3) is 0 Å². The van der Waals surface area contributed by atoms with Crippen molar-refractivity contribution in [1.29, 1.82) is 0 Å². The van der Waals surface area contributed by atoms with E-state index in [0.717, 1.165) is 29.8 Å². The summed E-state index contributed by atoms with van der Waals surface area (Å²) in [5.74, 6) is 0.813. The van der Waals surface area contributed by atoms with Gasteiger partial charge in [-0.3, -0.25) is 14.9 Å². The van der Waals surface area contributed by atoms with Gasteiger partial charge in [0, 0.05) is 24.4 Å². The lowest BCUT2D eigenvalue weighted by Crippen LogP contribution is -2.45. The molecule has 106 valence electrons. The molecule has 1 aliphatic carbocycles. The minimum absolute atomic E-state index is 0.0357. The van der Waals surface area contributed by atoms with Crippen LogP contribution in [0.2, 0.25) is 0 Å². The predicted molar refractivity (Wildman–Crippen MR) is 79.3 cm³/mol. The van der Waals surface area contributed by atoms with E-state index in [1.54, 1.807) is 11.0 Å². The first-order valence-electron chi connectivity index (χ1n) is 6.73. The minimum Gasteiger partial charge on any atom is -0.311 e. The molecule has 0 radical (unpaired) electrons. The van der Waals surface area contributed by atoms with Gasteiger partial charge in [-0.25, -0.2) is 0 Å². The molecule has 0 bridgehead atoms. The number of nitro groups is 1. The summed E-state index contributed by atoms with van der Waals surface area (Å²) in [6.07, 6.45) is 3.65. The van der Waals surface area contributed by atoms with Gasteiger partial charge in [0.1, 0.15) is 0 Å². The highest BCUT2D eigenvalue weighted by molar-refractivity contribution is 7.80. The Morgan fingerprint density at radius 3 is 2.70 bits per heavy atom. The van der Waals surface area contributed by atoms with Crippen LogP contribution in [0.4, 0.5) is 11.4 Å². The van der Waals surface area contributed by atoms with Crippen LogP contribution in [0.1, 0.15) is 24.8 Å². The highest BCUT2D eigenvalue weighted by Gasteiger charge is 2.41. The van der Waals surface area contributed by atoms with Gasteiger partial charge in [0.15, 0.2) is 0 Å². The number of nitro benzene ring substituents is 1. The molecule has 0 unspecified atom stereocenters. The number of thiol groups is 1. The van der Waals surface area contributed by atoms with E-state index in [-0.39, 0.29) is 23.4 Å². The number of carbonyl (C=O) groups excluding carboxylic acids is 1. The van der Waals surface area contributed by atoms with Crippen molar-refractivity contribution in [3.8, 4) is 0 Å². The fourth-order valence-electron chi connectivity index (χ4n) is 3.03. The molecule has 2 aliphatic rings. The molecule has 3 rings (SSSR count). The van der Waals surface area contributed by atoms with Gasteiger partial charge in [0.05, 0.1) is 11.3 Å². The van der Waals surface area contributed by atoms with E-state index < -0.39 is 4.92 Å². The quantitative estimate of drug-likeness (QED) is 0.527. The summed E-state index contributed by atoms with van der Waals surface area (Å²) in [4.78, 5) is 24.3. The number of carbonyl (C=O) groups is 1. The molecule has 1 aliphatic heterocycles. The van der Waals surface area contributed by atoms with Gasteiger partial charge in [0.2, 0.25) is 5.91 Å². The number of benzene rings is 1. The van der Waals surface area contributed by atoms with Gasteiger partial charge in [0.25, 0.3) is 5.69 Å². The van der Waals surface area contributed by atoms with Crippen molar-refractivity contribution in [1.82, 2.24) is 0 Å². The number of amides is 1. The molecule has 0 spiro atoms. The Morgan fingerprint density at radius 2 is 2.15 bits per heavy atom. The average molecular weight is 292 g/mol. The second-order valence-corrected chi connectivity index (χ2v) is 6.05. The minimum atomic E-state index is -0.422. The number of fused-ring (bicyclic) bond motifs is 1. The first-order chi connectivity index (χ1) is 9.54. The lowest BCUT2D eigenvalue weighted by atomic mass is 9.70. The number of hydrogen-bond donors (Lipinski definition) is 1. The number of rotatable bonds is 4. The fraction of sp³-hybridized carbons (Fsp3) is 0.500. The predicted octanol–water partition coefficient (Wildman–Crippen LogP) is 2.58. The Balaban J connectivity index is 1.88. The van der Waals surface area contributed by atoms with Gasteiger partial charge < -0.3 is 4.90 Å². The lowest BCUT2D eigenvalue weighted by molar-refractivity contribution is -0.384. The summed E-state index contributed by atoms with van der Waals surface area (Å²) >= 11 is 4.42. The largest absolute Gasteiger partial charge is 0.311 e. The molecule has 0 atom stereocenters. The van der Waals surface area contributed by atoms with Crippen molar-refractivity contribution in [3.63, 3.8) is 0 Å². The van der Waals surface area contributed by atoms with Gasteiger partial charge in [-0.15, -0.1) is 0 Å². The normalized spacial score (nSPS) is 19.6. The highest BCUT2D eigenvalue weighted by atomic mass is 32.1. The van der Waals surface area contributed by atoms with Crippen LogP contribution in [0, 0.1) is 15.5 Å². The standard InChI is InChI=1S/C14H16N2O3S/c17-13-7-10-6-11(16(18)19)2-3-12(10)15(13)8-14(9-20)4-1-5-14/h2-3,6,20H,1,4-5,7-9H2. The molecule has 6 heteroatoms. The van der Waals surface area contributed by atoms with Crippen LogP contribution in [-0.4, -0.2) is 23.1 Å². The molecule has 20 heavy (non-hydrogen) atoms. The molecule has 0 saturated heterocycles. The number of nitrogens with zero attached hydrogens (tertiary/aromatic N) is 2. The van der Waals surface area contributed by atoms with E-state index in [0.29, 0.717) is 6.54 Å². The van der Waals surface area contributed by atoms with E-state index in [4.69, 9.17) is 0 Å². The van der Waals surface area contributed by atoms with Crippen molar-refractivity contribution < 1.29 is 9.72 Å². The van der Waals surface area contributed by atoms with Crippen molar-refractivity contribution in [2.45, 2.75) is 25.7 Å². The summed E-state index contributed by atoms with van der Waals surface area (Å²) in [6.45, 7) is 0.681. The first kappa shape index (κ1) is 13.4. The first-order valence-corrected chi connectivity index (χ1v) is 7.36. The summed E-state index contributed by atoms with van der Waals surface area (Å²) in [5, 5.41) is 10.8. The van der Waals surface area contributed by atoms with Gasteiger partial charge in [-0.1, -0.05) is 6.42 Å². The molecule has 1 aromatic carbocycles. The maximum atomic E-state index is 12.2. The van der Waals surface area contributed by atoms with Crippen molar-refractivity contribution >= 4 is 29.9 Å². The van der Waals surface area contributed by atoms with Crippen molar-refractivity contribution in [2.75, 3.05) is 17.2 Å². The molecule has 1 aromatic rings. The van der Waals surface area contributed by atoms with Gasteiger partial charge >= 0.3 is 0 Å². The lowest BCUT2D eigenvalue weighted by Gasteiger charge is -2.43. The summed E-state index contributed by atoms with van der Waals surface area (Å²) in [5.41, 5.74) is 1.76. The van der Waals surface area contributed by atoms with Crippen LogP contribution in [-0.2, 0) is 11.2 Å². The van der Waals surface area contributed by atoms with Crippen LogP contribution >= 0.6 is 12.6 Å². The molecule has 1 heterocycles. The maximum Gasteiger partial charge on any atom is 0.269 e. The molecule has 0 N–H and O–H groups in total. The fourth-order valence-corrected chi connectivity index (χ4v) is 3.45. The third-order valence-electron chi connectivity index (χ3n) is 4.45. The van der Waals surface area contributed by atoms with Gasteiger partial charge in [-0.05, 0) is 35.6 Å². The molecular formula is C14H16N2O3S. The van der Waals surface area contributed by atoms with Crippen molar-refractivity contribution in [3.05, 3.63) is 33.9 Å². The molecule has 0 aromatic heterocycles. The zero-order chi connectivity index (χ0) is 14.3. The molecular weight excluding hydrogens is 276 g/mol. The van der Waals surface area contributed by atoms with Crippen LogP contribution in [0.15, 0.2) is 18.2 Å². The zero-order valence-corrected chi connectivity index (χ0v) is 11.9. The van der Waals surface area contributed by atoms with Crippen LogP contribution in [0.5, 0.6) is 0 Å². The zero-order valence-electron chi connectivity index (χ0n) is 11.0. The Labute approximate surface area is 122 Å². The average Bonchev–Trinajstić information content (AvgIpc) is 2.68. The van der Waals surface area contributed by atoms with E-state index in [1.807, 2.05) is 0 Å². The second-order valence-electron chi connectivity index (χ2n) is 5.74. The van der Waals surface area contributed by atoms with Crippen LogP contribution in [0.3, 0.4) is 0 Å². The Kier molecular flexibility index (Phi) is 3.20. The Hall–Kier alpha value is -1.56. The Morgan fingerprint density at radius 1 is 1.40 bits per heavy atom. The number of hydrogen-bond acceptors (Lipinski definition) is 4. The van der Waals surface area contributed by atoms with Crippen molar-refractivity contribution in [2.24, 2.45) is 5.41 Å². The molecule has 1 fully saturated rings. The number of non-ortho nitro benzene ring substituents is 1. The summed E-state index contributed by atoms with van der Waals surface area (Å²) < 4.78 is 0. The summed E-state index contributed by atoms with van der Waals surface area (Å²) in [7, 11) is 0. The smallest absolute Gasteiger partial charge is 0.269 e. The maximum absolute atomic E-state index is 12.2. The third-order valence-corrected chi connectivity index (χ3v) is 5.12. The Bertz CT molecular complexity index is 578. The van der Waals surface area contributed by atoms with Crippen LogP contribution < -0.4 is 4.90 Å². The highest BCUT2D eigenvalue weighted by Crippen LogP contribution is 2.44. The summed E-state index contributed by atoms with van der Waals surface area (Å²) in [6, 6.07) is 4.68. The van der Waals surface area contributed by atoms with E-state index >= 15 is 0 Å². The topological polar surface area (TPSA) is 63.4 Å². The van der Waals surface area contributed by atoms with Gasteiger partial charge in [-0.2, -0.15) is 12.6 Å². The molecule has 5 nitrogen and oxygen atoms in total. The number of anilines is 1. The molecule has 1 amide bonds. The third kappa shape index (κ3) is 2.08. The second kappa shape index (κ2) is 4.77. The van der Waals surface area contributed by atoms with E-state index in [2.05, 4.69) is 12.6 Å². The van der Waals surface area contributed by atoms with E-state index in [1.165, 1.54) is 18.6 Å². The molecule has 1 saturated carbocycles. The van der Waals surface area contributed by atoms with E-state index in [9.17, 15) is 14.9 Å². The monoisotopic (exact) mass is 292 g/mol.